The van der Waals surface area contributed by atoms with E-state index >= 15 is 0 Å². The van der Waals surface area contributed by atoms with Gasteiger partial charge < -0.3 is 33.9 Å². The Hall–Kier alpha value is -3.95. The largest absolute Gasteiger partial charge is 0.463 e. The fraction of sp³-hybridized carbons (Fsp3) is 0.400. The van der Waals surface area contributed by atoms with Crippen molar-refractivity contribution in [2.45, 2.75) is 70.4 Å². The number of esters is 4. The number of hydrogen-bond acceptors (Lipinski definition) is 11. The maximum Gasteiger partial charge on any atom is 0.303 e. The molecule has 0 aliphatic carbocycles. The van der Waals surface area contributed by atoms with Crippen LogP contribution in [0.25, 0.3) is 0 Å². The standard InChI is InChI=1S/C30H31ClO11/c1-6-23(21-9-7-20(14-32)8-10-21)24-13-22(11-12-25(24)31)30(37)29(41-19(5)36)28(40-18(4)35)27(39-17(3)34)26(42-30)15-38-16(2)33/h1,7-13,23,26-29,32,37H,14-15H2,2-5H3/t23?,26-,27-,28+,29-,30-/m1/s1. The van der Waals surface area contributed by atoms with Gasteiger partial charge in [-0.15, -0.1) is 6.42 Å². The van der Waals surface area contributed by atoms with Gasteiger partial charge in [0.05, 0.1) is 12.5 Å². The number of ether oxygens (including phenoxy) is 5. The number of carbonyl (C=O) groups excluding carboxylic acids is 4. The van der Waals surface area contributed by atoms with Crippen LogP contribution in [0.1, 0.15) is 55.9 Å². The molecule has 3 rings (SSSR count). The highest BCUT2D eigenvalue weighted by atomic mass is 35.5. The highest BCUT2D eigenvalue weighted by Gasteiger charge is 2.60. The fourth-order valence-corrected chi connectivity index (χ4v) is 4.91. The summed E-state index contributed by atoms with van der Waals surface area (Å²) in [5, 5.41) is 21.8. The van der Waals surface area contributed by atoms with E-state index in [4.69, 9.17) is 41.7 Å². The van der Waals surface area contributed by atoms with Gasteiger partial charge in [0.15, 0.2) is 12.2 Å². The zero-order valence-electron chi connectivity index (χ0n) is 23.4. The van der Waals surface area contributed by atoms with Gasteiger partial charge in [-0.25, -0.2) is 0 Å². The van der Waals surface area contributed by atoms with E-state index in [0.29, 0.717) is 16.7 Å². The summed E-state index contributed by atoms with van der Waals surface area (Å²) in [5.41, 5.74) is 1.68. The number of terminal acetylenes is 1. The van der Waals surface area contributed by atoms with E-state index < -0.39 is 66.6 Å². The number of hydrogen-bond donors (Lipinski definition) is 2. The van der Waals surface area contributed by atoms with Crippen molar-refractivity contribution in [2.75, 3.05) is 6.61 Å². The smallest absolute Gasteiger partial charge is 0.303 e. The lowest BCUT2D eigenvalue weighted by Crippen LogP contribution is -2.66. The van der Waals surface area contributed by atoms with E-state index in [1.807, 2.05) is 0 Å². The van der Waals surface area contributed by atoms with Crippen LogP contribution in [0.2, 0.25) is 5.02 Å². The molecule has 1 heterocycles. The molecule has 2 N–H and O–H groups in total. The molecule has 0 amide bonds. The van der Waals surface area contributed by atoms with Crippen LogP contribution in [0.15, 0.2) is 42.5 Å². The first-order valence-electron chi connectivity index (χ1n) is 12.8. The SMILES string of the molecule is C#CC(c1ccc(CO)cc1)c1cc([C@@]2(O)O[C@H](COC(C)=O)[C@@H](OC(C)=O)[C@H](OC(C)=O)[C@H]2OC(C)=O)ccc1Cl. The Bertz CT molecular complexity index is 1370. The maximum atomic E-state index is 12.2. The summed E-state index contributed by atoms with van der Waals surface area (Å²) in [4.78, 5) is 48.0. The Morgan fingerprint density at radius 1 is 0.952 bits per heavy atom. The van der Waals surface area contributed by atoms with Crippen LogP contribution in [0.3, 0.4) is 0 Å². The Kier molecular flexibility index (Phi) is 10.7. The highest BCUT2D eigenvalue weighted by molar-refractivity contribution is 6.31. The van der Waals surface area contributed by atoms with E-state index in [1.54, 1.807) is 24.3 Å². The molecule has 0 radical (unpaired) electrons. The number of halogens is 1. The van der Waals surface area contributed by atoms with Gasteiger partial charge in [-0.2, -0.15) is 0 Å². The van der Waals surface area contributed by atoms with Crippen molar-refractivity contribution in [3.63, 3.8) is 0 Å². The number of aliphatic hydroxyl groups is 2. The molecule has 224 valence electrons. The summed E-state index contributed by atoms with van der Waals surface area (Å²) in [5.74, 6) is -3.84. The van der Waals surface area contributed by atoms with Crippen LogP contribution in [-0.4, -0.2) is 65.1 Å². The van der Waals surface area contributed by atoms with Crippen LogP contribution in [-0.2, 0) is 55.3 Å². The third kappa shape index (κ3) is 7.46. The van der Waals surface area contributed by atoms with Crippen molar-refractivity contribution < 1.29 is 53.1 Å². The molecular weight excluding hydrogens is 572 g/mol. The summed E-state index contributed by atoms with van der Waals surface area (Å²) in [7, 11) is 0. The minimum absolute atomic E-state index is 0.00775. The summed E-state index contributed by atoms with van der Waals surface area (Å²) < 4.78 is 27.3. The average Bonchev–Trinajstić information content (AvgIpc) is 2.92. The quantitative estimate of drug-likeness (QED) is 0.247. The van der Waals surface area contributed by atoms with E-state index in [-0.39, 0.29) is 17.2 Å². The molecule has 1 unspecified atom stereocenters. The predicted octanol–water partition coefficient (Wildman–Crippen LogP) is 2.50. The van der Waals surface area contributed by atoms with E-state index in [9.17, 15) is 29.4 Å². The zero-order valence-corrected chi connectivity index (χ0v) is 24.1. The molecule has 42 heavy (non-hydrogen) atoms. The Morgan fingerprint density at radius 3 is 2.07 bits per heavy atom. The molecule has 2 aromatic rings. The Morgan fingerprint density at radius 2 is 1.55 bits per heavy atom. The van der Waals surface area contributed by atoms with Crippen molar-refractivity contribution in [2.24, 2.45) is 0 Å². The second kappa shape index (κ2) is 13.8. The van der Waals surface area contributed by atoms with Crippen molar-refractivity contribution in [1.82, 2.24) is 0 Å². The monoisotopic (exact) mass is 602 g/mol. The molecular formula is C30H31ClO11. The van der Waals surface area contributed by atoms with Crippen molar-refractivity contribution in [1.29, 1.82) is 0 Å². The number of carbonyl (C=O) groups is 4. The van der Waals surface area contributed by atoms with Gasteiger partial charge in [0.1, 0.15) is 12.7 Å². The van der Waals surface area contributed by atoms with E-state index in [2.05, 4.69) is 5.92 Å². The van der Waals surface area contributed by atoms with Gasteiger partial charge in [-0.05, 0) is 28.8 Å². The molecule has 1 saturated heterocycles. The lowest BCUT2D eigenvalue weighted by Gasteiger charge is -2.48. The van der Waals surface area contributed by atoms with Gasteiger partial charge in [0, 0.05) is 38.3 Å². The van der Waals surface area contributed by atoms with Crippen LogP contribution in [0, 0.1) is 12.3 Å². The predicted molar refractivity (Wildman–Crippen MR) is 147 cm³/mol. The molecule has 12 heteroatoms. The first kappa shape index (κ1) is 32.6. The molecule has 2 aromatic carbocycles. The summed E-state index contributed by atoms with van der Waals surface area (Å²) in [6.45, 7) is 3.68. The molecule has 1 fully saturated rings. The molecule has 0 bridgehead atoms. The summed E-state index contributed by atoms with van der Waals surface area (Å²) in [6.07, 6.45) is -0.307. The highest BCUT2D eigenvalue weighted by Crippen LogP contribution is 2.43. The van der Waals surface area contributed by atoms with Gasteiger partial charge in [0.2, 0.25) is 11.9 Å². The van der Waals surface area contributed by atoms with Crippen molar-refractivity contribution in [3.05, 3.63) is 69.7 Å². The Labute approximate surface area is 247 Å². The Balaban J connectivity index is 2.20. The first-order chi connectivity index (χ1) is 19.8. The molecule has 11 nitrogen and oxygen atoms in total. The third-order valence-electron chi connectivity index (χ3n) is 6.44. The van der Waals surface area contributed by atoms with Crippen LogP contribution in [0.4, 0.5) is 0 Å². The summed E-state index contributed by atoms with van der Waals surface area (Å²) in [6, 6.07) is 11.1. The van der Waals surface area contributed by atoms with E-state index in [0.717, 1.165) is 27.7 Å². The third-order valence-corrected chi connectivity index (χ3v) is 6.78. The second-order valence-electron chi connectivity index (χ2n) is 9.57. The van der Waals surface area contributed by atoms with Crippen LogP contribution < -0.4 is 0 Å². The van der Waals surface area contributed by atoms with Gasteiger partial charge >= 0.3 is 23.9 Å². The normalized spacial score (nSPS) is 24.0. The minimum atomic E-state index is -2.55. The van der Waals surface area contributed by atoms with E-state index in [1.165, 1.54) is 18.2 Å². The number of aliphatic hydroxyl groups excluding tert-OH is 1. The molecule has 0 saturated carbocycles. The number of rotatable bonds is 9. The average molecular weight is 603 g/mol. The van der Waals surface area contributed by atoms with Crippen LogP contribution in [0.5, 0.6) is 0 Å². The molecule has 1 aliphatic rings. The first-order valence-corrected chi connectivity index (χ1v) is 13.2. The molecule has 1 aliphatic heterocycles. The van der Waals surface area contributed by atoms with Crippen molar-refractivity contribution in [3.8, 4) is 12.3 Å². The van der Waals surface area contributed by atoms with Crippen LogP contribution >= 0.6 is 11.6 Å². The fourth-order valence-electron chi connectivity index (χ4n) is 4.68. The molecule has 0 aromatic heterocycles. The topological polar surface area (TPSA) is 155 Å². The molecule has 6 atom stereocenters. The zero-order chi connectivity index (χ0) is 31.2. The summed E-state index contributed by atoms with van der Waals surface area (Å²) >= 11 is 6.55. The second-order valence-corrected chi connectivity index (χ2v) is 9.98. The van der Waals surface area contributed by atoms with Gasteiger partial charge in [-0.3, -0.25) is 19.2 Å². The molecule has 0 spiro atoms. The number of benzene rings is 2. The van der Waals surface area contributed by atoms with Gasteiger partial charge in [-0.1, -0.05) is 47.9 Å². The lowest BCUT2D eigenvalue weighted by atomic mass is 9.84. The maximum absolute atomic E-state index is 12.2. The minimum Gasteiger partial charge on any atom is -0.463 e. The lowest BCUT2D eigenvalue weighted by molar-refractivity contribution is -0.360. The van der Waals surface area contributed by atoms with Crippen molar-refractivity contribution >= 4 is 35.5 Å². The van der Waals surface area contributed by atoms with Gasteiger partial charge in [0.25, 0.3) is 0 Å².